The van der Waals surface area contributed by atoms with Crippen LogP contribution >= 0.6 is 11.3 Å². The van der Waals surface area contributed by atoms with Gasteiger partial charge in [0, 0.05) is 30.0 Å². The minimum absolute atomic E-state index is 0.0994. The lowest BCUT2D eigenvalue weighted by molar-refractivity contribution is 0.0728. The largest absolute Gasteiger partial charge is 0.396 e. The molecule has 1 aliphatic rings. The average Bonchev–Trinajstić information content (AvgIpc) is 3.12. The fraction of sp³-hybridized carbons (Fsp3) is 0.375. The number of hydrogen-bond acceptors (Lipinski definition) is 4. The number of carbonyl (C=O) groups excluding carboxylic acids is 1. The van der Waals surface area contributed by atoms with E-state index in [0.29, 0.717) is 22.8 Å². The summed E-state index contributed by atoms with van der Waals surface area (Å²) < 4.78 is 13.8. The number of benzene rings is 1. The molecule has 6 heteroatoms. The van der Waals surface area contributed by atoms with Crippen LogP contribution in [-0.4, -0.2) is 41.1 Å². The number of rotatable bonds is 5. The Labute approximate surface area is 132 Å². The van der Waals surface area contributed by atoms with Crippen molar-refractivity contribution in [3.8, 4) is 10.6 Å². The van der Waals surface area contributed by atoms with Gasteiger partial charge in [0.2, 0.25) is 0 Å². The molecule has 0 saturated heterocycles. The van der Waals surface area contributed by atoms with Gasteiger partial charge < -0.3 is 10.0 Å². The Bertz CT molecular complexity index is 697. The molecular formula is C16H17FN2O2S. The summed E-state index contributed by atoms with van der Waals surface area (Å²) in [4.78, 5) is 18.2. The monoisotopic (exact) mass is 320 g/mol. The number of hydrogen-bond donors (Lipinski definition) is 1. The fourth-order valence-corrected chi connectivity index (χ4v) is 3.26. The van der Waals surface area contributed by atoms with Crippen LogP contribution in [0.15, 0.2) is 29.6 Å². The highest BCUT2D eigenvalue weighted by molar-refractivity contribution is 7.13. The van der Waals surface area contributed by atoms with Gasteiger partial charge >= 0.3 is 0 Å². The van der Waals surface area contributed by atoms with Gasteiger partial charge in [-0.1, -0.05) is 12.1 Å². The van der Waals surface area contributed by atoms with Crippen LogP contribution in [0.1, 0.15) is 23.3 Å². The van der Waals surface area contributed by atoms with Crippen molar-refractivity contribution in [3.05, 3.63) is 41.2 Å². The number of nitrogens with zero attached hydrogens (tertiary/aromatic N) is 2. The molecule has 0 radical (unpaired) electrons. The minimum atomic E-state index is -0.346. The van der Waals surface area contributed by atoms with Gasteiger partial charge in [-0.15, -0.1) is 11.3 Å². The van der Waals surface area contributed by atoms with E-state index < -0.39 is 0 Å². The van der Waals surface area contributed by atoms with Gasteiger partial charge in [0.1, 0.15) is 16.5 Å². The lowest BCUT2D eigenvalue weighted by Gasteiger charge is -2.21. The van der Waals surface area contributed by atoms with Gasteiger partial charge in [0.25, 0.3) is 5.91 Å². The first-order valence-electron chi connectivity index (χ1n) is 7.11. The Hall–Kier alpha value is -1.79. The molecule has 2 aromatic rings. The predicted molar refractivity (Wildman–Crippen MR) is 83.2 cm³/mol. The summed E-state index contributed by atoms with van der Waals surface area (Å²) >= 11 is 1.25. The average molecular weight is 320 g/mol. The second kappa shape index (κ2) is 5.78. The molecule has 116 valence electrons. The molecule has 1 saturated carbocycles. The maximum Gasteiger partial charge on any atom is 0.273 e. The molecule has 1 amide bonds. The summed E-state index contributed by atoms with van der Waals surface area (Å²) in [5, 5.41) is 11.5. The highest BCUT2D eigenvalue weighted by atomic mass is 32.1. The molecule has 4 nitrogen and oxygen atoms in total. The first kappa shape index (κ1) is 15.1. The maximum atomic E-state index is 13.8. The zero-order valence-electron chi connectivity index (χ0n) is 12.3. The van der Waals surface area contributed by atoms with E-state index in [1.807, 2.05) is 0 Å². The van der Waals surface area contributed by atoms with Crippen molar-refractivity contribution in [2.75, 3.05) is 20.2 Å². The standard InChI is InChI=1S/C16H17FN2O2S/c1-19(9-16(10-20)6-7-16)15(21)13-8-22-14(18-13)11-4-2-3-5-12(11)17/h2-5,8,20H,6-7,9-10H2,1H3. The SMILES string of the molecule is CN(CC1(CO)CC1)C(=O)c1csc(-c2ccccc2F)n1. The predicted octanol–water partition coefficient (Wildman–Crippen LogP) is 2.79. The molecule has 1 N–H and O–H groups in total. The highest BCUT2D eigenvalue weighted by Gasteiger charge is 2.43. The van der Waals surface area contributed by atoms with E-state index in [1.54, 1.807) is 35.5 Å². The zero-order chi connectivity index (χ0) is 15.7. The molecule has 0 aliphatic heterocycles. The van der Waals surface area contributed by atoms with Crippen LogP contribution in [0.5, 0.6) is 0 Å². The van der Waals surface area contributed by atoms with Crippen molar-refractivity contribution in [2.24, 2.45) is 5.41 Å². The number of aliphatic hydroxyl groups excluding tert-OH is 1. The number of amides is 1. The zero-order valence-corrected chi connectivity index (χ0v) is 13.1. The number of carbonyl (C=O) groups is 1. The van der Waals surface area contributed by atoms with Crippen molar-refractivity contribution >= 4 is 17.2 Å². The third kappa shape index (κ3) is 2.89. The minimum Gasteiger partial charge on any atom is -0.396 e. The van der Waals surface area contributed by atoms with Gasteiger partial charge in [-0.3, -0.25) is 4.79 Å². The molecule has 1 aromatic carbocycles. The molecule has 1 fully saturated rings. The van der Waals surface area contributed by atoms with Crippen LogP contribution in [0.4, 0.5) is 4.39 Å². The molecule has 0 unspecified atom stereocenters. The van der Waals surface area contributed by atoms with E-state index in [2.05, 4.69) is 4.98 Å². The van der Waals surface area contributed by atoms with E-state index in [1.165, 1.54) is 17.4 Å². The second-order valence-electron chi connectivity index (χ2n) is 5.84. The molecular weight excluding hydrogens is 303 g/mol. The van der Waals surface area contributed by atoms with Gasteiger partial charge in [-0.05, 0) is 25.0 Å². The highest BCUT2D eigenvalue weighted by Crippen LogP contribution is 2.45. The van der Waals surface area contributed by atoms with Gasteiger partial charge in [-0.2, -0.15) is 0 Å². The number of aliphatic hydroxyl groups is 1. The van der Waals surface area contributed by atoms with E-state index >= 15 is 0 Å². The molecule has 1 heterocycles. The summed E-state index contributed by atoms with van der Waals surface area (Å²) in [5.41, 5.74) is 0.595. The first-order valence-corrected chi connectivity index (χ1v) is 7.99. The van der Waals surface area contributed by atoms with E-state index in [9.17, 15) is 14.3 Å². The Balaban J connectivity index is 1.76. The van der Waals surface area contributed by atoms with Crippen molar-refractivity contribution in [3.63, 3.8) is 0 Å². The van der Waals surface area contributed by atoms with E-state index in [0.717, 1.165) is 12.8 Å². The molecule has 1 aromatic heterocycles. The van der Waals surface area contributed by atoms with Gasteiger partial charge in [0.05, 0.1) is 6.61 Å². The van der Waals surface area contributed by atoms with Gasteiger partial charge in [-0.25, -0.2) is 9.37 Å². The summed E-state index contributed by atoms with van der Waals surface area (Å²) in [6, 6.07) is 6.39. The normalized spacial score (nSPS) is 15.6. The Morgan fingerprint density at radius 2 is 2.18 bits per heavy atom. The lowest BCUT2D eigenvalue weighted by Crippen LogP contribution is -2.34. The topological polar surface area (TPSA) is 53.4 Å². The summed E-state index contributed by atoms with van der Waals surface area (Å²) in [7, 11) is 1.71. The summed E-state index contributed by atoms with van der Waals surface area (Å²) in [5.74, 6) is -0.542. The fourth-order valence-electron chi connectivity index (χ4n) is 2.44. The lowest BCUT2D eigenvalue weighted by atomic mass is 10.1. The Morgan fingerprint density at radius 3 is 2.82 bits per heavy atom. The third-order valence-electron chi connectivity index (χ3n) is 4.04. The molecule has 22 heavy (non-hydrogen) atoms. The van der Waals surface area contributed by atoms with Crippen LogP contribution in [0.2, 0.25) is 0 Å². The first-order chi connectivity index (χ1) is 10.5. The van der Waals surface area contributed by atoms with Crippen molar-refractivity contribution in [1.29, 1.82) is 0 Å². The van der Waals surface area contributed by atoms with Crippen LogP contribution in [-0.2, 0) is 0 Å². The Morgan fingerprint density at radius 1 is 1.45 bits per heavy atom. The van der Waals surface area contributed by atoms with E-state index in [4.69, 9.17) is 0 Å². The number of thiazole rings is 1. The molecule has 1 aliphatic carbocycles. The summed E-state index contributed by atoms with van der Waals surface area (Å²) in [6.45, 7) is 0.622. The number of aromatic nitrogens is 1. The molecule has 0 atom stereocenters. The quantitative estimate of drug-likeness (QED) is 0.921. The molecule has 0 bridgehead atoms. The smallest absolute Gasteiger partial charge is 0.273 e. The summed E-state index contributed by atoms with van der Waals surface area (Å²) in [6.07, 6.45) is 1.89. The number of halogens is 1. The van der Waals surface area contributed by atoms with Crippen LogP contribution < -0.4 is 0 Å². The van der Waals surface area contributed by atoms with E-state index in [-0.39, 0.29) is 23.7 Å². The third-order valence-corrected chi connectivity index (χ3v) is 4.91. The maximum absolute atomic E-state index is 13.8. The second-order valence-corrected chi connectivity index (χ2v) is 6.70. The molecule has 0 spiro atoms. The van der Waals surface area contributed by atoms with Crippen LogP contribution in [0.25, 0.3) is 10.6 Å². The van der Waals surface area contributed by atoms with Crippen LogP contribution in [0.3, 0.4) is 0 Å². The Kier molecular flexibility index (Phi) is 3.97. The van der Waals surface area contributed by atoms with Gasteiger partial charge in [0.15, 0.2) is 0 Å². The van der Waals surface area contributed by atoms with Crippen molar-refractivity contribution < 1.29 is 14.3 Å². The van der Waals surface area contributed by atoms with Crippen LogP contribution in [0, 0.1) is 11.2 Å². The van der Waals surface area contributed by atoms with Crippen molar-refractivity contribution in [1.82, 2.24) is 9.88 Å². The van der Waals surface area contributed by atoms with Crippen molar-refractivity contribution in [2.45, 2.75) is 12.8 Å². The molecule has 3 rings (SSSR count).